The maximum absolute atomic E-state index is 6.12. The van der Waals surface area contributed by atoms with Gasteiger partial charge in [0.25, 0.3) is 0 Å². The number of pyridine rings is 1. The van der Waals surface area contributed by atoms with Crippen molar-refractivity contribution in [1.29, 1.82) is 0 Å². The average Bonchev–Trinajstić information content (AvgIpc) is 3.09. The van der Waals surface area contributed by atoms with Crippen molar-refractivity contribution in [2.24, 2.45) is 0 Å². The van der Waals surface area contributed by atoms with E-state index in [0.717, 1.165) is 50.6 Å². The number of hydrogen-bond acceptors (Lipinski definition) is 6. The fraction of sp³-hybridized carbons (Fsp3) is 0.450. The highest BCUT2D eigenvalue weighted by molar-refractivity contribution is 5.44. The maximum atomic E-state index is 6.12. The minimum absolute atomic E-state index is 0.0754. The van der Waals surface area contributed by atoms with Gasteiger partial charge in [-0.3, -0.25) is 4.90 Å². The van der Waals surface area contributed by atoms with E-state index in [1.54, 1.807) is 6.20 Å². The number of hydrogen-bond donors (Lipinski definition) is 0. The highest BCUT2D eigenvalue weighted by atomic mass is 16.7. The van der Waals surface area contributed by atoms with E-state index >= 15 is 0 Å². The fourth-order valence-corrected chi connectivity index (χ4v) is 4.07. The van der Waals surface area contributed by atoms with E-state index in [0.29, 0.717) is 12.7 Å². The summed E-state index contributed by atoms with van der Waals surface area (Å²) in [4.78, 5) is 6.67. The Hall–Kier alpha value is -2.31. The number of aromatic nitrogens is 1. The van der Waals surface area contributed by atoms with E-state index in [2.05, 4.69) is 22.0 Å². The number of nitrogens with zero attached hydrogens (tertiary/aromatic N) is 2. The predicted octanol–water partition coefficient (Wildman–Crippen LogP) is 2.62. The molecule has 0 unspecified atom stereocenters. The van der Waals surface area contributed by atoms with Crippen molar-refractivity contribution in [2.45, 2.75) is 31.1 Å². The largest absolute Gasteiger partial charge is 0.474 e. The molecule has 0 amide bonds. The van der Waals surface area contributed by atoms with Gasteiger partial charge in [-0.25, -0.2) is 4.98 Å². The lowest BCUT2D eigenvalue weighted by molar-refractivity contribution is -0.188. The first-order valence-corrected chi connectivity index (χ1v) is 9.11. The summed E-state index contributed by atoms with van der Waals surface area (Å²) in [6, 6.07) is 11.9. The first kappa shape index (κ1) is 15.9. The molecule has 26 heavy (non-hydrogen) atoms. The van der Waals surface area contributed by atoms with Gasteiger partial charge in [0.05, 0.1) is 12.2 Å². The molecule has 2 saturated heterocycles. The Balaban J connectivity index is 1.17. The zero-order valence-electron chi connectivity index (χ0n) is 14.6. The monoisotopic (exact) mass is 354 g/mol. The Morgan fingerprint density at radius 1 is 1.15 bits per heavy atom. The Morgan fingerprint density at radius 3 is 2.96 bits per heavy atom. The summed E-state index contributed by atoms with van der Waals surface area (Å²) in [6.45, 7) is 3.83. The fourth-order valence-electron chi connectivity index (χ4n) is 4.07. The molecular weight excluding hydrogens is 332 g/mol. The van der Waals surface area contributed by atoms with Gasteiger partial charge in [-0.15, -0.1) is 0 Å². The molecular formula is C20H22N2O4. The van der Waals surface area contributed by atoms with E-state index in [1.165, 1.54) is 5.56 Å². The molecule has 0 N–H and O–H groups in total. The quantitative estimate of drug-likeness (QED) is 0.841. The van der Waals surface area contributed by atoms with Crippen LogP contribution in [0.1, 0.15) is 18.4 Å². The molecule has 0 bridgehead atoms. The zero-order chi connectivity index (χ0) is 17.4. The van der Waals surface area contributed by atoms with Crippen LogP contribution in [0.4, 0.5) is 0 Å². The molecule has 1 aromatic heterocycles. The second-order valence-electron chi connectivity index (χ2n) is 7.26. The molecule has 0 radical (unpaired) electrons. The molecule has 6 heteroatoms. The third-order valence-corrected chi connectivity index (χ3v) is 5.24. The van der Waals surface area contributed by atoms with Gasteiger partial charge in [0, 0.05) is 44.7 Å². The van der Waals surface area contributed by atoms with Crippen molar-refractivity contribution in [3.05, 3.63) is 48.2 Å². The minimum Gasteiger partial charge on any atom is -0.474 e. The summed E-state index contributed by atoms with van der Waals surface area (Å²) in [5, 5.41) is 0. The van der Waals surface area contributed by atoms with E-state index < -0.39 is 0 Å². The zero-order valence-corrected chi connectivity index (χ0v) is 14.6. The van der Waals surface area contributed by atoms with Crippen LogP contribution < -0.4 is 14.2 Å². The van der Waals surface area contributed by atoms with Crippen LogP contribution in [0.15, 0.2) is 42.6 Å². The van der Waals surface area contributed by atoms with Crippen LogP contribution in [0.3, 0.4) is 0 Å². The topological polar surface area (TPSA) is 53.1 Å². The van der Waals surface area contributed by atoms with Crippen molar-refractivity contribution >= 4 is 0 Å². The van der Waals surface area contributed by atoms with Crippen LogP contribution in [0, 0.1) is 0 Å². The van der Waals surface area contributed by atoms with Crippen LogP contribution in [0.5, 0.6) is 17.4 Å². The van der Waals surface area contributed by atoms with Crippen LogP contribution >= 0.6 is 0 Å². The molecule has 3 aliphatic rings. The van der Waals surface area contributed by atoms with Gasteiger partial charge in [0.15, 0.2) is 11.5 Å². The minimum atomic E-state index is -0.0754. The molecule has 2 aromatic rings. The van der Waals surface area contributed by atoms with Gasteiger partial charge in [-0.1, -0.05) is 12.1 Å². The Labute approximate surface area is 152 Å². The maximum Gasteiger partial charge on any atom is 0.231 e. The van der Waals surface area contributed by atoms with E-state index in [1.807, 2.05) is 24.3 Å². The average molecular weight is 354 g/mol. The molecule has 2 fully saturated rings. The molecule has 1 atom stereocenters. The Bertz CT molecular complexity index is 777. The first-order chi connectivity index (χ1) is 12.8. The summed E-state index contributed by atoms with van der Waals surface area (Å²) in [7, 11) is 0. The van der Waals surface area contributed by atoms with Crippen LogP contribution in [-0.2, 0) is 11.3 Å². The van der Waals surface area contributed by atoms with Crippen molar-refractivity contribution in [2.75, 3.05) is 26.5 Å². The highest BCUT2D eigenvalue weighted by Gasteiger charge is 2.48. The molecule has 1 aromatic carbocycles. The van der Waals surface area contributed by atoms with Gasteiger partial charge in [0.2, 0.25) is 12.7 Å². The highest BCUT2D eigenvalue weighted by Crippen LogP contribution is 2.37. The number of benzene rings is 1. The third-order valence-electron chi connectivity index (χ3n) is 5.24. The molecule has 6 nitrogen and oxygen atoms in total. The number of likely N-dealkylation sites (tertiary alicyclic amines) is 1. The number of ether oxygens (including phenoxy) is 4. The molecule has 4 heterocycles. The van der Waals surface area contributed by atoms with E-state index in [-0.39, 0.29) is 11.7 Å². The molecule has 5 rings (SSSR count). The van der Waals surface area contributed by atoms with Crippen molar-refractivity contribution in [3.8, 4) is 17.4 Å². The lowest BCUT2D eigenvalue weighted by Gasteiger charge is -2.53. The summed E-state index contributed by atoms with van der Waals surface area (Å²) in [5.41, 5.74) is 1.16. The van der Waals surface area contributed by atoms with Gasteiger partial charge in [-0.05, 0) is 23.8 Å². The summed E-state index contributed by atoms with van der Waals surface area (Å²) < 4.78 is 23.0. The van der Waals surface area contributed by atoms with Crippen LogP contribution in [0.2, 0.25) is 0 Å². The van der Waals surface area contributed by atoms with E-state index in [4.69, 9.17) is 18.9 Å². The second kappa shape index (κ2) is 6.45. The van der Waals surface area contributed by atoms with Gasteiger partial charge in [0.1, 0.15) is 6.10 Å². The molecule has 0 saturated carbocycles. The Kier molecular flexibility index (Phi) is 3.94. The van der Waals surface area contributed by atoms with Gasteiger partial charge in [-0.2, -0.15) is 0 Å². The van der Waals surface area contributed by atoms with Crippen LogP contribution in [-0.4, -0.2) is 48.1 Å². The van der Waals surface area contributed by atoms with Crippen molar-refractivity contribution in [1.82, 2.24) is 9.88 Å². The van der Waals surface area contributed by atoms with Crippen LogP contribution in [0.25, 0.3) is 0 Å². The smallest absolute Gasteiger partial charge is 0.231 e. The summed E-state index contributed by atoms with van der Waals surface area (Å²) >= 11 is 0. The normalized spacial score (nSPS) is 23.6. The Morgan fingerprint density at radius 2 is 2.08 bits per heavy atom. The summed E-state index contributed by atoms with van der Waals surface area (Å²) in [5.74, 6) is 2.38. The lowest BCUT2D eigenvalue weighted by atomic mass is 9.84. The van der Waals surface area contributed by atoms with Crippen molar-refractivity contribution in [3.63, 3.8) is 0 Å². The van der Waals surface area contributed by atoms with Crippen molar-refractivity contribution < 1.29 is 18.9 Å². The van der Waals surface area contributed by atoms with Gasteiger partial charge >= 0.3 is 0 Å². The SMILES string of the molecule is c1ccc(O[C@@H]2CCOC3(C2)CN(Cc2ccc4c(c2)OCO4)C3)nc1. The first-order valence-electron chi connectivity index (χ1n) is 9.11. The second-order valence-corrected chi connectivity index (χ2v) is 7.26. The standard InChI is InChI=1S/C20H22N2O4/c1-2-7-21-19(3-1)26-16-6-8-25-20(10-16)12-22(13-20)11-15-4-5-17-18(9-15)24-14-23-17/h1-5,7,9,16H,6,8,10-14H2/t16-/m1/s1. The number of fused-ring (bicyclic) bond motifs is 1. The molecule has 3 aliphatic heterocycles. The number of rotatable bonds is 4. The predicted molar refractivity (Wildman–Crippen MR) is 94.4 cm³/mol. The van der Waals surface area contributed by atoms with E-state index in [9.17, 15) is 0 Å². The molecule has 136 valence electrons. The molecule has 0 aliphatic carbocycles. The molecule has 1 spiro atoms. The lowest BCUT2D eigenvalue weighted by Crippen LogP contribution is -2.65. The summed E-state index contributed by atoms with van der Waals surface area (Å²) in [6.07, 6.45) is 3.77. The third kappa shape index (κ3) is 3.10. The van der Waals surface area contributed by atoms with Gasteiger partial charge < -0.3 is 18.9 Å².